The Labute approximate surface area is 257 Å². The van der Waals surface area contributed by atoms with Gasteiger partial charge in [-0.25, -0.2) is 8.42 Å². The van der Waals surface area contributed by atoms with Crippen LogP contribution in [0.25, 0.3) is 0 Å². The van der Waals surface area contributed by atoms with E-state index in [1.807, 2.05) is 6.92 Å². The topological polar surface area (TPSA) is 153 Å². The molecule has 206 valence electrons. The quantitative estimate of drug-likeness (QED) is 0.0356. The number of methoxy groups -OCH3 is 2. The fourth-order valence-corrected chi connectivity index (χ4v) is 4.00. The average molecular weight is 573 g/mol. The van der Waals surface area contributed by atoms with Gasteiger partial charge in [-0.3, -0.25) is 9.83 Å². The molecule has 0 aliphatic carbocycles. The van der Waals surface area contributed by atoms with Gasteiger partial charge in [0.2, 0.25) is 5.78 Å². The summed E-state index contributed by atoms with van der Waals surface area (Å²) < 4.78 is 59.6. The molecule has 0 amide bonds. The van der Waals surface area contributed by atoms with Crippen molar-refractivity contribution >= 4 is 27.9 Å². The van der Waals surface area contributed by atoms with Crippen molar-refractivity contribution in [3.63, 3.8) is 0 Å². The molecule has 0 aliphatic heterocycles. The first-order valence-electron chi connectivity index (χ1n) is 11.2. The molecule has 0 aliphatic rings. The van der Waals surface area contributed by atoms with E-state index in [9.17, 15) is 23.0 Å². The summed E-state index contributed by atoms with van der Waals surface area (Å²) in [7, 11) is -1.66. The summed E-state index contributed by atoms with van der Waals surface area (Å²) in [6, 6.07) is 12.9. The van der Waals surface area contributed by atoms with Crippen molar-refractivity contribution in [2.75, 3.05) is 27.4 Å². The van der Waals surface area contributed by atoms with Gasteiger partial charge in [-0.05, 0) is 68.3 Å². The number of ether oxygens (including phenoxy) is 4. The Hall–Kier alpha value is -1.04. The average Bonchev–Trinajstić information content (AvgIpc) is 2.89. The second-order valence-corrected chi connectivity index (χ2v) is 10.9. The number of benzene rings is 2. The summed E-state index contributed by atoms with van der Waals surface area (Å²) in [5.74, 6) is -1.18. The zero-order valence-electron chi connectivity index (χ0n) is 22.9. The third kappa shape index (κ3) is 11.4. The molecule has 2 atom stereocenters. The summed E-state index contributed by atoms with van der Waals surface area (Å²) in [5.41, 5.74) is 0.746. The molecule has 2 unspecified atom stereocenters. The van der Waals surface area contributed by atoms with E-state index >= 15 is 0 Å². The smallest absolute Gasteiger partial charge is 0.748 e. The molecule has 0 saturated heterocycles. The first-order valence-corrected chi connectivity index (χ1v) is 13.5. The van der Waals surface area contributed by atoms with Crippen LogP contribution >= 0.6 is 12.0 Å². The first-order chi connectivity index (χ1) is 17.6. The van der Waals surface area contributed by atoms with Crippen LogP contribution < -0.4 is 52.5 Å². The van der Waals surface area contributed by atoms with Gasteiger partial charge in [-0.15, -0.1) is 0 Å². The van der Waals surface area contributed by atoms with Gasteiger partial charge in [-0.2, -0.15) is 4.33 Å². The number of Topliss-reactive ketones (excluding diaryl/α,β-unsaturated/α-hetero) is 1. The maximum absolute atomic E-state index is 13.4. The Morgan fingerprint density at radius 3 is 1.85 bits per heavy atom. The number of carbonyl (C=O) groups excluding carboxylic acids is 1. The van der Waals surface area contributed by atoms with Gasteiger partial charge in [0.25, 0.3) is 5.79 Å². The molecule has 0 heterocycles. The predicted octanol–water partition coefficient (Wildman–Crippen LogP) is -3.25. The van der Waals surface area contributed by atoms with Crippen LogP contribution in [0.2, 0.25) is 0 Å². The number of hydrogen-bond donors (Lipinski definition) is 0. The van der Waals surface area contributed by atoms with Crippen LogP contribution in [0.1, 0.15) is 42.6 Å². The molecule has 11 nitrogen and oxygen atoms in total. The summed E-state index contributed by atoms with van der Waals surface area (Å²) in [4.78, 5) is 13.4. The summed E-state index contributed by atoms with van der Waals surface area (Å²) in [5, 5.41) is 12.1. The van der Waals surface area contributed by atoms with Gasteiger partial charge < -0.3 is 28.8 Å². The van der Waals surface area contributed by atoms with E-state index in [1.54, 1.807) is 48.5 Å². The molecule has 0 aromatic heterocycles. The Balaban J connectivity index is 0.00000722. The van der Waals surface area contributed by atoms with Gasteiger partial charge in [-0.1, -0.05) is 6.92 Å². The van der Waals surface area contributed by atoms with E-state index in [2.05, 4.69) is 9.37 Å². The molecule has 0 spiro atoms. The third-order valence-corrected chi connectivity index (χ3v) is 7.45. The fraction of sp³-hybridized carbons (Fsp3) is 0.458. The van der Waals surface area contributed by atoms with Crippen molar-refractivity contribution in [2.24, 2.45) is 0 Å². The molecule has 2 rings (SSSR count). The van der Waals surface area contributed by atoms with E-state index in [1.165, 1.54) is 21.1 Å². The van der Waals surface area contributed by atoms with E-state index in [0.717, 1.165) is 12.0 Å². The largest absolute Gasteiger partial charge is 1.00 e. The molecule has 15 heteroatoms. The fourth-order valence-electron chi connectivity index (χ4n) is 3.26. The van der Waals surface area contributed by atoms with Gasteiger partial charge in [0.05, 0.1) is 23.3 Å². The Bertz CT molecular complexity index is 1080. The minimum absolute atomic E-state index is 0. The van der Waals surface area contributed by atoms with Crippen LogP contribution in [-0.2, 0) is 34.8 Å². The van der Waals surface area contributed by atoms with Crippen molar-refractivity contribution in [3.05, 3.63) is 59.7 Å². The van der Waals surface area contributed by atoms with Gasteiger partial charge in [0, 0.05) is 47.9 Å². The molecule has 2 aromatic rings. The zero-order chi connectivity index (χ0) is 27.5. The van der Waals surface area contributed by atoms with Crippen LogP contribution in [0.4, 0.5) is 0 Å². The van der Waals surface area contributed by atoms with Crippen LogP contribution in [0.15, 0.2) is 48.5 Å². The minimum Gasteiger partial charge on any atom is -0.748 e. The van der Waals surface area contributed by atoms with E-state index in [0.29, 0.717) is 35.7 Å². The molecule has 0 fully saturated rings. The van der Waals surface area contributed by atoms with E-state index in [-0.39, 0.29) is 56.0 Å². The van der Waals surface area contributed by atoms with Crippen molar-refractivity contribution in [1.29, 1.82) is 0 Å². The second kappa shape index (κ2) is 18.4. The number of carbonyl (C=O) groups is 1. The maximum atomic E-state index is 13.4. The Morgan fingerprint density at radius 1 is 0.897 bits per heavy atom. The number of hydrogen-bond acceptors (Lipinski definition) is 12. The van der Waals surface area contributed by atoms with Crippen molar-refractivity contribution in [1.82, 2.24) is 0 Å². The number of rotatable bonds is 17. The van der Waals surface area contributed by atoms with Crippen molar-refractivity contribution in [2.45, 2.75) is 43.0 Å². The molecule has 0 saturated carbocycles. The van der Waals surface area contributed by atoms with E-state index < -0.39 is 26.9 Å². The SMILES string of the molecule is COC(OC)(C(=O)c1ccc(OCCC(C)SOO[O-])cc1)c1ccc(OCCC(C)S(=O)(=O)[O-])cc1.[Li+].[Li+]. The first kappa shape index (κ1) is 38.0. The van der Waals surface area contributed by atoms with Gasteiger partial charge in [0.15, 0.2) is 0 Å². The second-order valence-electron chi connectivity index (χ2n) is 8.02. The minimum atomic E-state index is -4.37. The standard InChI is InChI=1S/C24H32O11S2.2Li/c1-17(36-35-34-26)13-15-32-21-9-5-19(6-10-21)23(25)24(30-3,31-4)20-7-11-22(12-8-20)33-16-14-18(2)37(27,28)29;;/h5-12,17-18,26H,13-16H2,1-4H3,(H,27,28,29);;/q;2*+1/p-2. The Morgan fingerprint density at radius 2 is 1.38 bits per heavy atom. The molecule has 2 aromatic carbocycles. The molecule has 0 radical (unpaired) electrons. The van der Waals surface area contributed by atoms with Crippen LogP contribution in [0.5, 0.6) is 11.5 Å². The van der Waals surface area contributed by atoms with Gasteiger partial charge in [0.1, 0.15) is 11.5 Å². The third-order valence-electron chi connectivity index (χ3n) is 5.54. The molecule has 39 heavy (non-hydrogen) atoms. The summed E-state index contributed by atoms with van der Waals surface area (Å²) in [6.45, 7) is 3.58. The van der Waals surface area contributed by atoms with Crippen LogP contribution in [0, 0.1) is 0 Å². The normalized spacial score (nSPS) is 13.0. The Kier molecular flexibility index (Phi) is 17.9. The monoisotopic (exact) mass is 572 g/mol. The molecule has 0 N–H and O–H groups in total. The zero-order valence-corrected chi connectivity index (χ0v) is 24.5. The maximum Gasteiger partial charge on any atom is 1.00 e. The number of ketones is 1. The predicted molar refractivity (Wildman–Crippen MR) is 132 cm³/mol. The van der Waals surface area contributed by atoms with Crippen LogP contribution in [-0.4, -0.2) is 56.7 Å². The summed E-state index contributed by atoms with van der Waals surface area (Å²) in [6.07, 6.45) is 0.649. The van der Waals surface area contributed by atoms with Crippen molar-refractivity contribution < 1.29 is 89.1 Å². The molecule has 0 bridgehead atoms. The molecular weight excluding hydrogens is 542 g/mol. The van der Waals surface area contributed by atoms with Crippen molar-refractivity contribution in [3.8, 4) is 11.5 Å². The van der Waals surface area contributed by atoms with Crippen LogP contribution in [0.3, 0.4) is 0 Å². The summed E-state index contributed by atoms with van der Waals surface area (Å²) >= 11 is 0.902. The van der Waals surface area contributed by atoms with Gasteiger partial charge >= 0.3 is 37.7 Å². The molecular formula is C24H30Li2O11S2. The van der Waals surface area contributed by atoms with E-state index in [4.69, 9.17) is 18.9 Å².